The first-order chi connectivity index (χ1) is 8.67. The monoisotopic (exact) mass is 250 g/mol. The van der Waals surface area contributed by atoms with E-state index in [-0.39, 0.29) is 16.3 Å². The minimum Gasteiger partial charge on any atom is -0.494 e. The van der Waals surface area contributed by atoms with Crippen LogP contribution in [0.15, 0.2) is 21.7 Å². The summed E-state index contributed by atoms with van der Waals surface area (Å²) in [6.07, 6.45) is 0. The molecule has 0 aliphatic heterocycles. The predicted octanol–water partition coefficient (Wildman–Crippen LogP) is 1.01. The summed E-state index contributed by atoms with van der Waals surface area (Å²) in [5, 5.41) is 5.05. The van der Waals surface area contributed by atoms with Gasteiger partial charge in [-0.25, -0.2) is 0 Å². The van der Waals surface area contributed by atoms with Crippen molar-refractivity contribution < 1.29 is 9.47 Å². The highest BCUT2D eigenvalue weighted by molar-refractivity contribution is 5.88. The fourth-order valence-corrected chi connectivity index (χ4v) is 1.77. The molecule has 0 aliphatic rings. The molecule has 2 N–H and O–H groups in total. The van der Waals surface area contributed by atoms with Crippen molar-refractivity contribution in [2.75, 3.05) is 13.2 Å². The van der Waals surface area contributed by atoms with Crippen molar-refractivity contribution in [1.82, 2.24) is 10.2 Å². The number of benzene rings is 1. The van der Waals surface area contributed by atoms with Gasteiger partial charge in [-0.05, 0) is 19.9 Å². The van der Waals surface area contributed by atoms with Gasteiger partial charge in [0.05, 0.1) is 24.0 Å². The second-order valence-electron chi connectivity index (χ2n) is 3.62. The Balaban J connectivity index is 2.80. The van der Waals surface area contributed by atoms with Gasteiger partial charge in [-0.1, -0.05) is 0 Å². The quantitative estimate of drug-likeness (QED) is 0.848. The van der Waals surface area contributed by atoms with Gasteiger partial charge in [-0.15, -0.1) is 0 Å². The number of nitrogens with one attached hydrogen (secondary N) is 2. The molecule has 1 aromatic carbocycles. The molecule has 0 bridgehead atoms. The normalized spacial score (nSPS) is 10.6. The molecule has 0 radical (unpaired) electrons. The highest BCUT2D eigenvalue weighted by Gasteiger charge is 2.12. The smallest absolute Gasteiger partial charge is 0.274 e. The Bertz CT molecular complexity index is 672. The molecule has 2 aromatic rings. The van der Waals surface area contributed by atoms with Crippen LogP contribution >= 0.6 is 0 Å². The molecule has 96 valence electrons. The number of fused-ring (bicyclic) bond motifs is 1. The molecule has 0 unspecified atom stereocenters. The number of aromatic amines is 2. The van der Waals surface area contributed by atoms with Gasteiger partial charge in [0.25, 0.3) is 11.1 Å². The summed E-state index contributed by atoms with van der Waals surface area (Å²) in [7, 11) is 0. The Labute approximate surface area is 103 Å². The van der Waals surface area contributed by atoms with Gasteiger partial charge in [0.2, 0.25) is 0 Å². The van der Waals surface area contributed by atoms with Gasteiger partial charge >= 0.3 is 0 Å². The van der Waals surface area contributed by atoms with Crippen LogP contribution in [-0.4, -0.2) is 23.4 Å². The van der Waals surface area contributed by atoms with Gasteiger partial charge in [0.15, 0.2) is 0 Å². The summed E-state index contributed by atoms with van der Waals surface area (Å²) in [6, 6.07) is 3.15. The van der Waals surface area contributed by atoms with E-state index in [9.17, 15) is 9.59 Å². The average molecular weight is 250 g/mol. The molecule has 6 nitrogen and oxygen atoms in total. The van der Waals surface area contributed by atoms with Crippen molar-refractivity contribution >= 4 is 10.8 Å². The molecular weight excluding hydrogens is 236 g/mol. The zero-order chi connectivity index (χ0) is 13.1. The van der Waals surface area contributed by atoms with Gasteiger partial charge < -0.3 is 9.47 Å². The molecule has 0 aliphatic carbocycles. The average Bonchev–Trinajstić information content (AvgIpc) is 2.34. The van der Waals surface area contributed by atoms with E-state index >= 15 is 0 Å². The second-order valence-corrected chi connectivity index (χ2v) is 3.62. The number of aromatic nitrogens is 2. The Morgan fingerprint density at radius 1 is 1.00 bits per heavy atom. The first kappa shape index (κ1) is 12.2. The topological polar surface area (TPSA) is 84.2 Å². The van der Waals surface area contributed by atoms with Crippen molar-refractivity contribution in [3.63, 3.8) is 0 Å². The van der Waals surface area contributed by atoms with Crippen LogP contribution in [0.3, 0.4) is 0 Å². The fourth-order valence-electron chi connectivity index (χ4n) is 1.77. The van der Waals surface area contributed by atoms with Crippen molar-refractivity contribution in [3.05, 3.63) is 32.8 Å². The molecule has 0 spiro atoms. The van der Waals surface area contributed by atoms with Crippen LogP contribution < -0.4 is 20.6 Å². The lowest BCUT2D eigenvalue weighted by Crippen LogP contribution is -2.19. The van der Waals surface area contributed by atoms with E-state index in [1.165, 1.54) is 6.07 Å². The highest BCUT2D eigenvalue weighted by Crippen LogP contribution is 2.27. The van der Waals surface area contributed by atoms with E-state index in [2.05, 4.69) is 10.2 Å². The molecule has 0 saturated carbocycles. The second kappa shape index (κ2) is 4.95. The van der Waals surface area contributed by atoms with E-state index in [1.807, 2.05) is 6.92 Å². The van der Waals surface area contributed by atoms with Crippen molar-refractivity contribution in [1.29, 1.82) is 0 Å². The summed E-state index contributed by atoms with van der Waals surface area (Å²) < 4.78 is 10.7. The van der Waals surface area contributed by atoms with E-state index in [1.54, 1.807) is 13.0 Å². The Morgan fingerprint density at radius 3 is 2.33 bits per heavy atom. The summed E-state index contributed by atoms with van der Waals surface area (Å²) in [5.74, 6) is 0.857. The van der Waals surface area contributed by atoms with E-state index in [0.29, 0.717) is 24.7 Å². The lowest BCUT2D eigenvalue weighted by atomic mass is 10.1. The van der Waals surface area contributed by atoms with E-state index in [0.717, 1.165) is 0 Å². The largest absolute Gasteiger partial charge is 0.494 e. The Morgan fingerprint density at radius 2 is 1.67 bits per heavy atom. The Hall–Kier alpha value is -2.24. The van der Waals surface area contributed by atoms with Crippen LogP contribution in [0.25, 0.3) is 10.8 Å². The molecule has 0 atom stereocenters. The zero-order valence-corrected chi connectivity index (χ0v) is 10.2. The third kappa shape index (κ3) is 2.09. The fraction of sp³-hybridized carbons (Fsp3) is 0.333. The molecule has 2 rings (SSSR count). The summed E-state index contributed by atoms with van der Waals surface area (Å²) in [4.78, 5) is 23.5. The third-order valence-electron chi connectivity index (χ3n) is 2.45. The van der Waals surface area contributed by atoms with Crippen LogP contribution in [-0.2, 0) is 0 Å². The summed E-state index contributed by atoms with van der Waals surface area (Å²) in [5.41, 5.74) is -0.775. The van der Waals surface area contributed by atoms with Crippen LogP contribution in [0, 0.1) is 0 Å². The van der Waals surface area contributed by atoms with Crippen LogP contribution in [0.5, 0.6) is 11.5 Å². The molecule has 0 fully saturated rings. The van der Waals surface area contributed by atoms with Gasteiger partial charge in [0, 0.05) is 6.07 Å². The van der Waals surface area contributed by atoms with Gasteiger partial charge in [0.1, 0.15) is 11.5 Å². The highest BCUT2D eigenvalue weighted by atomic mass is 16.5. The summed E-state index contributed by atoms with van der Waals surface area (Å²) >= 11 is 0. The van der Waals surface area contributed by atoms with Gasteiger partial charge in [-0.2, -0.15) is 0 Å². The van der Waals surface area contributed by atoms with Crippen LogP contribution in [0.1, 0.15) is 13.8 Å². The number of hydrogen-bond acceptors (Lipinski definition) is 4. The minimum atomic E-state index is -0.393. The maximum absolute atomic E-state index is 11.7. The standard InChI is InChI=1S/C12H14N2O4/c1-3-17-7-5-8-10(9(6-7)18-4-2)12(16)14-13-11(8)15/h5-6H,3-4H2,1-2H3,(H,13,15)(H,14,16). The molecule has 0 amide bonds. The maximum Gasteiger partial charge on any atom is 0.274 e. The van der Waals surface area contributed by atoms with Crippen molar-refractivity contribution in [2.24, 2.45) is 0 Å². The Kier molecular flexibility index (Phi) is 3.36. The minimum absolute atomic E-state index is 0.240. The molecule has 1 aromatic heterocycles. The van der Waals surface area contributed by atoms with E-state index < -0.39 is 5.56 Å². The van der Waals surface area contributed by atoms with Crippen LogP contribution in [0.4, 0.5) is 0 Å². The lowest BCUT2D eigenvalue weighted by molar-refractivity contribution is 0.326. The maximum atomic E-state index is 11.7. The number of H-pyrrole nitrogens is 2. The third-order valence-corrected chi connectivity index (χ3v) is 2.45. The molecule has 0 saturated heterocycles. The predicted molar refractivity (Wildman–Crippen MR) is 67.5 cm³/mol. The zero-order valence-electron chi connectivity index (χ0n) is 10.2. The first-order valence-electron chi connectivity index (χ1n) is 5.71. The van der Waals surface area contributed by atoms with Gasteiger partial charge in [-0.3, -0.25) is 19.8 Å². The molecule has 6 heteroatoms. The lowest BCUT2D eigenvalue weighted by Gasteiger charge is -2.09. The van der Waals surface area contributed by atoms with Crippen LogP contribution in [0.2, 0.25) is 0 Å². The molecule has 18 heavy (non-hydrogen) atoms. The van der Waals surface area contributed by atoms with Crippen molar-refractivity contribution in [2.45, 2.75) is 13.8 Å². The number of hydrogen-bond donors (Lipinski definition) is 2. The van der Waals surface area contributed by atoms with E-state index in [4.69, 9.17) is 9.47 Å². The first-order valence-corrected chi connectivity index (χ1v) is 5.71. The number of rotatable bonds is 4. The molecule has 1 heterocycles. The molecular formula is C12H14N2O4. The SMILES string of the molecule is CCOc1cc(OCC)c2c(=O)[nH][nH]c(=O)c2c1. The summed E-state index contributed by atoms with van der Waals surface area (Å²) in [6.45, 7) is 4.52. The van der Waals surface area contributed by atoms with Crippen molar-refractivity contribution in [3.8, 4) is 11.5 Å². The number of ether oxygens (including phenoxy) is 2.